The van der Waals surface area contributed by atoms with Gasteiger partial charge in [0, 0.05) is 15.5 Å². The van der Waals surface area contributed by atoms with Gasteiger partial charge in [-0.25, -0.2) is 0 Å². The normalized spacial score (nSPS) is 10.7. The molecule has 2 aromatic carbocycles. The van der Waals surface area contributed by atoms with Gasteiger partial charge in [0.2, 0.25) is 5.95 Å². The van der Waals surface area contributed by atoms with E-state index in [2.05, 4.69) is 15.4 Å². The minimum atomic E-state index is -0.329. The number of thiophene rings is 1. The Balaban J connectivity index is 1.55. The first-order valence-electron chi connectivity index (χ1n) is 9.30. The SMILES string of the molecule is Cc1ccc(-c2nc(NCc3cccs3)n(C(=O)COc3ccc(Cl)cc3)n2)cc1. The van der Waals surface area contributed by atoms with Gasteiger partial charge in [-0.15, -0.1) is 16.4 Å². The number of ether oxygens (including phenoxy) is 1. The summed E-state index contributed by atoms with van der Waals surface area (Å²) >= 11 is 7.52. The fourth-order valence-electron chi connectivity index (χ4n) is 2.74. The maximum Gasteiger partial charge on any atom is 0.287 e. The van der Waals surface area contributed by atoms with Gasteiger partial charge in [0.15, 0.2) is 12.4 Å². The third kappa shape index (κ3) is 4.87. The molecule has 0 radical (unpaired) electrons. The number of nitrogens with zero attached hydrogens (tertiary/aromatic N) is 3. The number of rotatable bonds is 7. The number of halogens is 1. The quantitative estimate of drug-likeness (QED) is 0.424. The highest BCUT2D eigenvalue weighted by molar-refractivity contribution is 7.09. The molecule has 0 aliphatic carbocycles. The molecule has 0 atom stereocenters. The monoisotopic (exact) mass is 438 g/mol. The molecule has 0 aliphatic heterocycles. The van der Waals surface area contributed by atoms with Crippen molar-refractivity contribution in [2.45, 2.75) is 13.5 Å². The largest absolute Gasteiger partial charge is 0.484 e. The second kappa shape index (κ2) is 9.11. The highest BCUT2D eigenvalue weighted by Crippen LogP contribution is 2.20. The summed E-state index contributed by atoms with van der Waals surface area (Å²) in [6.45, 7) is 2.39. The van der Waals surface area contributed by atoms with E-state index < -0.39 is 0 Å². The molecule has 0 fully saturated rings. The first kappa shape index (κ1) is 20.1. The number of carbonyl (C=O) groups is 1. The Bertz CT molecular complexity index is 1120. The van der Waals surface area contributed by atoms with Gasteiger partial charge in [-0.2, -0.15) is 9.67 Å². The summed E-state index contributed by atoms with van der Waals surface area (Å²) in [6, 6.07) is 18.7. The van der Waals surface area contributed by atoms with Crippen LogP contribution in [0.2, 0.25) is 5.02 Å². The number of benzene rings is 2. The molecule has 0 unspecified atom stereocenters. The van der Waals surface area contributed by atoms with Crippen molar-refractivity contribution in [1.82, 2.24) is 14.8 Å². The van der Waals surface area contributed by atoms with Gasteiger partial charge in [0.1, 0.15) is 5.75 Å². The number of hydrogen-bond acceptors (Lipinski definition) is 6. The second-order valence-electron chi connectivity index (χ2n) is 6.61. The molecule has 0 spiro atoms. The average Bonchev–Trinajstić information content (AvgIpc) is 3.42. The zero-order valence-electron chi connectivity index (χ0n) is 16.2. The highest BCUT2D eigenvalue weighted by atomic mass is 35.5. The molecule has 30 heavy (non-hydrogen) atoms. The van der Waals surface area contributed by atoms with Crippen molar-refractivity contribution in [1.29, 1.82) is 0 Å². The fraction of sp³-hybridized carbons (Fsp3) is 0.136. The molecular formula is C22H19ClN4O2S. The molecule has 0 amide bonds. The number of hydrogen-bond donors (Lipinski definition) is 1. The first-order chi connectivity index (χ1) is 14.6. The van der Waals surface area contributed by atoms with Gasteiger partial charge in [-0.3, -0.25) is 4.79 Å². The molecule has 4 aromatic rings. The topological polar surface area (TPSA) is 69.0 Å². The van der Waals surface area contributed by atoms with Crippen molar-refractivity contribution in [3.8, 4) is 17.1 Å². The van der Waals surface area contributed by atoms with E-state index in [1.165, 1.54) is 4.68 Å². The summed E-state index contributed by atoms with van der Waals surface area (Å²) in [5.41, 5.74) is 1.98. The average molecular weight is 439 g/mol. The standard InChI is InChI=1S/C22H19ClN4O2S/c1-15-4-6-16(7-5-15)21-25-22(24-13-19-3-2-12-30-19)27(26-21)20(28)14-29-18-10-8-17(23)9-11-18/h2-12H,13-14H2,1H3,(H,24,25,26). The molecule has 8 heteroatoms. The molecule has 2 aromatic heterocycles. The lowest BCUT2D eigenvalue weighted by Gasteiger charge is -2.08. The van der Waals surface area contributed by atoms with Crippen molar-refractivity contribution < 1.29 is 9.53 Å². The van der Waals surface area contributed by atoms with Gasteiger partial charge in [-0.1, -0.05) is 47.5 Å². The van der Waals surface area contributed by atoms with E-state index in [0.29, 0.717) is 29.1 Å². The van der Waals surface area contributed by atoms with Crippen LogP contribution in [0.5, 0.6) is 5.75 Å². The predicted octanol–water partition coefficient (Wildman–Crippen LogP) is 5.30. The minimum absolute atomic E-state index is 0.175. The van der Waals surface area contributed by atoms with Crippen molar-refractivity contribution >= 4 is 34.8 Å². The number of aromatic nitrogens is 3. The van der Waals surface area contributed by atoms with Crippen LogP contribution in [0.15, 0.2) is 66.0 Å². The lowest BCUT2D eigenvalue weighted by Crippen LogP contribution is -2.22. The van der Waals surface area contributed by atoms with Gasteiger partial charge in [0.05, 0.1) is 6.54 Å². The summed E-state index contributed by atoms with van der Waals surface area (Å²) in [5, 5.41) is 10.3. The predicted molar refractivity (Wildman–Crippen MR) is 119 cm³/mol. The first-order valence-corrected chi connectivity index (χ1v) is 10.6. The Morgan fingerprint density at radius 3 is 2.60 bits per heavy atom. The molecule has 0 bridgehead atoms. The van der Waals surface area contributed by atoms with E-state index in [1.807, 2.05) is 48.7 Å². The van der Waals surface area contributed by atoms with Crippen LogP contribution in [0, 0.1) is 6.92 Å². The number of anilines is 1. The number of nitrogens with one attached hydrogen (secondary N) is 1. The molecule has 0 saturated heterocycles. The smallest absolute Gasteiger partial charge is 0.287 e. The number of aryl methyl sites for hydroxylation is 1. The zero-order valence-corrected chi connectivity index (χ0v) is 17.8. The van der Waals surface area contributed by atoms with Crippen LogP contribution in [0.1, 0.15) is 15.2 Å². The van der Waals surface area contributed by atoms with E-state index in [9.17, 15) is 4.79 Å². The van der Waals surface area contributed by atoms with Crippen molar-refractivity contribution in [3.63, 3.8) is 0 Å². The van der Waals surface area contributed by atoms with Crippen LogP contribution in [0.4, 0.5) is 5.95 Å². The van der Waals surface area contributed by atoms with Gasteiger partial charge >= 0.3 is 0 Å². The second-order valence-corrected chi connectivity index (χ2v) is 8.07. The molecule has 4 rings (SSSR count). The van der Waals surface area contributed by atoms with Crippen molar-refractivity contribution in [3.05, 3.63) is 81.5 Å². The van der Waals surface area contributed by atoms with Crippen LogP contribution in [-0.4, -0.2) is 27.3 Å². The summed E-state index contributed by atoms with van der Waals surface area (Å²) in [4.78, 5) is 18.5. The molecule has 0 saturated carbocycles. The molecule has 0 aliphatic rings. The van der Waals surface area contributed by atoms with E-state index in [1.54, 1.807) is 35.6 Å². The molecule has 1 N–H and O–H groups in total. The maximum atomic E-state index is 12.8. The van der Waals surface area contributed by atoms with Crippen LogP contribution < -0.4 is 10.1 Å². The van der Waals surface area contributed by atoms with Crippen LogP contribution >= 0.6 is 22.9 Å². The Morgan fingerprint density at radius 1 is 1.13 bits per heavy atom. The molecule has 152 valence electrons. The molecular weight excluding hydrogens is 420 g/mol. The van der Waals surface area contributed by atoms with Crippen molar-refractivity contribution in [2.24, 2.45) is 0 Å². The van der Waals surface area contributed by atoms with E-state index in [0.717, 1.165) is 16.0 Å². The fourth-order valence-corrected chi connectivity index (χ4v) is 3.51. The Labute approximate surface area is 183 Å². The summed E-state index contributed by atoms with van der Waals surface area (Å²) in [7, 11) is 0. The van der Waals surface area contributed by atoms with Crippen LogP contribution in [0.3, 0.4) is 0 Å². The summed E-state index contributed by atoms with van der Waals surface area (Å²) in [6.07, 6.45) is 0. The van der Waals surface area contributed by atoms with Crippen LogP contribution in [-0.2, 0) is 6.54 Å². The molecule has 2 heterocycles. The number of carbonyl (C=O) groups excluding carboxylic acids is 1. The summed E-state index contributed by atoms with van der Waals surface area (Å²) in [5.74, 6) is 1.08. The zero-order chi connectivity index (χ0) is 20.9. The Morgan fingerprint density at radius 2 is 1.90 bits per heavy atom. The third-order valence-electron chi connectivity index (χ3n) is 4.33. The van der Waals surface area contributed by atoms with E-state index in [-0.39, 0.29) is 12.5 Å². The van der Waals surface area contributed by atoms with Gasteiger partial charge in [-0.05, 0) is 42.6 Å². The summed E-state index contributed by atoms with van der Waals surface area (Å²) < 4.78 is 6.85. The molecule has 6 nitrogen and oxygen atoms in total. The third-order valence-corrected chi connectivity index (χ3v) is 5.46. The van der Waals surface area contributed by atoms with Crippen LogP contribution in [0.25, 0.3) is 11.4 Å². The Hall–Kier alpha value is -3.16. The van der Waals surface area contributed by atoms with E-state index >= 15 is 0 Å². The van der Waals surface area contributed by atoms with Crippen molar-refractivity contribution in [2.75, 3.05) is 11.9 Å². The van der Waals surface area contributed by atoms with Gasteiger partial charge < -0.3 is 10.1 Å². The van der Waals surface area contributed by atoms with Gasteiger partial charge in [0.25, 0.3) is 5.91 Å². The van der Waals surface area contributed by atoms with E-state index in [4.69, 9.17) is 16.3 Å². The highest BCUT2D eigenvalue weighted by Gasteiger charge is 2.18. The maximum absolute atomic E-state index is 12.8. The Kier molecular flexibility index (Phi) is 6.11. The lowest BCUT2D eigenvalue weighted by molar-refractivity contribution is 0.0824. The lowest BCUT2D eigenvalue weighted by atomic mass is 10.1. The minimum Gasteiger partial charge on any atom is -0.484 e.